The largest absolute Gasteiger partial charge is 0.305 e. The van der Waals surface area contributed by atoms with E-state index < -0.39 is 0 Å². The molecule has 6 nitrogen and oxygen atoms in total. The van der Waals surface area contributed by atoms with Gasteiger partial charge in [0, 0.05) is 36.0 Å². The van der Waals surface area contributed by atoms with Gasteiger partial charge in [-0.15, -0.1) is 21.5 Å². The Kier molecular flexibility index (Phi) is 4.84. The van der Waals surface area contributed by atoms with E-state index in [1.54, 1.807) is 16.7 Å². The highest BCUT2D eigenvalue weighted by molar-refractivity contribution is 7.98. The summed E-state index contributed by atoms with van der Waals surface area (Å²) in [5.74, 6) is 1.90. The van der Waals surface area contributed by atoms with Gasteiger partial charge in [0.15, 0.2) is 15.9 Å². The van der Waals surface area contributed by atoms with E-state index in [1.165, 1.54) is 28.7 Å². The van der Waals surface area contributed by atoms with Crippen LogP contribution >= 0.6 is 23.1 Å². The minimum Gasteiger partial charge on any atom is -0.305 e. The summed E-state index contributed by atoms with van der Waals surface area (Å²) in [6.07, 6.45) is 1.74. The van der Waals surface area contributed by atoms with Gasteiger partial charge in [-0.3, -0.25) is 9.20 Å². The van der Waals surface area contributed by atoms with Crippen molar-refractivity contribution in [1.29, 1.82) is 0 Å². The molecule has 0 N–H and O–H groups in total. The molecule has 4 rings (SSSR count). The van der Waals surface area contributed by atoms with E-state index >= 15 is 0 Å². The zero-order valence-corrected chi connectivity index (χ0v) is 16.9. The molecule has 0 unspecified atom stereocenters. The summed E-state index contributed by atoms with van der Waals surface area (Å²) in [4.78, 5) is 17.3. The van der Waals surface area contributed by atoms with Gasteiger partial charge in [-0.2, -0.15) is 0 Å². The Morgan fingerprint density at radius 3 is 2.70 bits per heavy atom. The van der Waals surface area contributed by atoms with Crippen molar-refractivity contribution in [2.75, 3.05) is 0 Å². The number of benzene rings is 1. The summed E-state index contributed by atoms with van der Waals surface area (Å²) >= 11 is 2.98. The highest BCUT2D eigenvalue weighted by atomic mass is 32.2. The summed E-state index contributed by atoms with van der Waals surface area (Å²) in [6.45, 7) is 4.36. The van der Waals surface area contributed by atoms with Gasteiger partial charge in [0.1, 0.15) is 0 Å². The lowest BCUT2D eigenvalue weighted by atomic mass is 10.0. The molecule has 0 aliphatic heterocycles. The van der Waals surface area contributed by atoms with Crippen molar-refractivity contribution in [3.8, 4) is 11.4 Å². The van der Waals surface area contributed by atoms with Crippen LogP contribution < -0.4 is 5.56 Å². The molecule has 3 heterocycles. The van der Waals surface area contributed by atoms with E-state index in [1.807, 2.05) is 17.0 Å². The van der Waals surface area contributed by atoms with Crippen molar-refractivity contribution in [3.63, 3.8) is 0 Å². The van der Waals surface area contributed by atoms with E-state index in [4.69, 9.17) is 0 Å². The van der Waals surface area contributed by atoms with Gasteiger partial charge in [0.2, 0.25) is 0 Å². The number of fused-ring (bicyclic) bond motifs is 1. The molecule has 138 valence electrons. The third-order valence-corrected chi connectivity index (χ3v) is 6.19. The first-order valence-corrected chi connectivity index (χ1v) is 10.5. The molecule has 4 aromatic rings. The van der Waals surface area contributed by atoms with E-state index in [0.29, 0.717) is 16.6 Å². The predicted octanol–water partition coefficient (Wildman–Crippen LogP) is 3.97. The monoisotopic (exact) mass is 397 g/mol. The summed E-state index contributed by atoms with van der Waals surface area (Å²) in [5.41, 5.74) is 3.04. The summed E-state index contributed by atoms with van der Waals surface area (Å²) < 4.78 is 3.53. The maximum Gasteiger partial charge on any atom is 0.258 e. The lowest BCUT2D eigenvalue weighted by Gasteiger charge is -2.07. The van der Waals surface area contributed by atoms with Crippen LogP contribution in [0.4, 0.5) is 0 Å². The molecule has 8 heteroatoms. The van der Waals surface area contributed by atoms with Crippen LogP contribution in [0.3, 0.4) is 0 Å². The number of thioether (sulfide) groups is 1. The fourth-order valence-corrected chi connectivity index (χ4v) is 4.35. The molecule has 0 aliphatic carbocycles. The molecule has 0 spiro atoms. The zero-order chi connectivity index (χ0) is 19.0. The van der Waals surface area contributed by atoms with E-state index in [-0.39, 0.29) is 5.56 Å². The second-order valence-corrected chi connectivity index (χ2v) is 8.39. The van der Waals surface area contributed by atoms with Gasteiger partial charge in [0.05, 0.1) is 5.69 Å². The van der Waals surface area contributed by atoms with Crippen molar-refractivity contribution in [3.05, 3.63) is 63.5 Å². The maximum atomic E-state index is 12.1. The van der Waals surface area contributed by atoms with Crippen LogP contribution in [-0.2, 0) is 12.8 Å². The normalized spacial score (nSPS) is 11.6. The molecule has 0 fully saturated rings. The van der Waals surface area contributed by atoms with Crippen molar-refractivity contribution in [2.24, 2.45) is 7.05 Å². The Labute approximate surface area is 164 Å². The highest BCUT2D eigenvalue weighted by Crippen LogP contribution is 2.26. The van der Waals surface area contributed by atoms with Crippen molar-refractivity contribution in [2.45, 2.75) is 30.7 Å². The number of hydrogen-bond donors (Lipinski definition) is 0. The average Bonchev–Trinajstić information content (AvgIpc) is 3.27. The fraction of sp³-hybridized carbons (Fsp3) is 0.263. The minimum absolute atomic E-state index is 0.0549. The Balaban J connectivity index is 1.54. The Morgan fingerprint density at radius 2 is 1.96 bits per heavy atom. The number of hydrogen-bond acceptors (Lipinski definition) is 6. The lowest BCUT2D eigenvalue weighted by Crippen LogP contribution is -2.12. The van der Waals surface area contributed by atoms with Crippen molar-refractivity contribution < 1.29 is 0 Å². The second-order valence-electron chi connectivity index (χ2n) is 6.57. The molecule has 0 amide bonds. The molecular formula is C19H19N5OS2. The molecule has 0 atom stereocenters. The molecule has 0 bridgehead atoms. The number of aromatic nitrogens is 5. The third-order valence-electron chi connectivity index (χ3n) is 4.38. The highest BCUT2D eigenvalue weighted by Gasteiger charge is 2.13. The SMILES string of the molecule is CC(C)c1ccc(-c2nnc(SCc3cc(=O)n4ccsc4n3)n2C)cc1. The third kappa shape index (κ3) is 3.54. The molecule has 1 aromatic carbocycles. The predicted molar refractivity (Wildman–Crippen MR) is 109 cm³/mol. The Bertz CT molecular complexity index is 1140. The average molecular weight is 398 g/mol. The first-order chi connectivity index (χ1) is 13.0. The van der Waals surface area contributed by atoms with Crippen LogP contribution in [0.2, 0.25) is 0 Å². The van der Waals surface area contributed by atoms with Crippen LogP contribution in [0.5, 0.6) is 0 Å². The van der Waals surface area contributed by atoms with Crippen LogP contribution in [-0.4, -0.2) is 24.1 Å². The van der Waals surface area contributed by atoms with E-state index in [2.05, 4.69) is 53.3 Å². The van der Waals surface area contributed by atoms with Gasteiger partial charge in [0.25, 0.3) is 5.56 Å². The quantitative estimate of drug-likeness (QED) is 0.477. The number of rotatable bonds is 5. The second kappa shape index (κ2) is 7.28. The molecule has 0 aliphatic rings. The Morgan fingerprint density at radius 1 is 1.19 bits per heavy atom. The molecule has 0 radical (unpaired) electrons. The van der Waals surface area contributed by atoms with E-state index in [9.17, 15) is 4.79 Å². The van der Waals surface area contributed by atoms with Crippen molar-refractivity contribution >= 4 is 28.1 Å². The zero-order valence-electron chi connectivity index (χ0n) is 15.3. The maximum absolute atomic E-state index is 12.1. The summed E-state index contributed by atoms with van der Waals surface area (Å²) in [5, 5.41) is 11.3. The molecule has 0 saturated heterocycles. The molecule has 0 saturated carbocycles. The van der Waals surface area contributed by atoms with Gasteiger partial charge in [-0.05, 0) is 11.5 Å². The Hall–Kier alpha value is -2.45. The summed E-state index contributed by atoms with van der Waals surface area (Å²) in [6, 6.07) is 10.0. The van der Waals surface area contributed by atoms with Crippen LogP contribution in [0.25, 0.3) is 16.3 Å². The van der Waals surface area contributed by atoms with Gasteiger partial charge in [-0.25, -0.2) is 4.98 Å². The first kappa shape index (κ1) is 17.9. The first-order valence-electron chi connectivity index (χ1n) is 8.61. The minimum atomic E-state index is -0.0549. The molecule has 3 aromatic heterocycles. The van der Waals surface area contributed by atoms with Crippen LogP contribution in [0, 0.1) is 0 Å². The van der Waals surface area contributed by atoms with Gasteiger partial charge >= 0.3 is 0 Å². The number of thiazole rings is 1. The summed E-state index contributed by atoms with van der Waals surface area (Å²) in [7, 11) is 1.96. The van der Waals surface area contributed by atoms with Gasteiger partial charge < -0.3 is 4.57 Å². The topological polar surface area (TPSA) is 65.1 Å². The lowest BCUT2D eigenvalue weighted by molar-refractivity contribution is 0.793. The van der Waals surface area contributed by atoms with Crippen LogP contribution in [0.15, 0.2) is 51.9 Å². The van der Waals surface area contributed by atoms with Gasteiger partial charge in [-0.1, -0.05) is 49.9 Å². The van der Waals surface area contributed by atoms with Crippen molar-refractivity contribution in [1.82, 2.24) is 24.1 Å². The molecule has 27 heavy (non-hydrogen) atoms. The number of nitrogens with zero attached hydrogens (tertiary/aromatic N) is 5. The molecular weight excluding hydrogens is 378 g/mol. The fourth-order valence-electron chi connectivity index (χ4n) is 2.81. The van der Waals surface area contributed by atoms with Crippen LogP contribution in [0.1, 0.15) is 31.0 Å². The smallest absolute Gasteiger partial charge is 0.258 e. The standard InChI is InChI=1S/C19H19N5OS2/c1-12(2)13-4-6-14(7-5-13)17-21-22-19(23(17)3)27-11-15-10-16(25)24-8-9-26-18(24)20-15/h4-10,12H,11H2,1-3H3. The van der Waals surface area contributed by atoms with E-state index in [0.717, 1.165) is 22.2 Å².